The molecule has 1 spiro atoms. The van der Waals surface area contributed by atoms with E-state index in [1.807, 2.05) is 12.1 Å². The van der Waals surface area contributed by atoms with Gasteiger partial charge >= 0.3 is 5.97 Å². The number of hydrogen-bond donors (Lipinski definition) is 2. The molecule has 1 unspecified atom stereocenters. The van der Waals surface area contributed by atoms with Gasteiger partial charge in [-0.15, -0.1) is 0 Å². The molecule has 28 heavy (non-hydrogen) atoms. The largest absolute Gasteiger partial charge is 0.481 e. The van der Waals surface area contributed by atoms with Gasteiger partial charge < -0.3 is 20.2 Å². The van der Waals surface area contributed by atoms with Gasteiger partial charge in [0, 0.05) is 56.6 Å². The van der Waals surface area contributed by atoms with E-state index in [0.29, 0.717) is 18.5 Å². The summed E-state index contributed by atoms with van der Waals surface area (Å²) in [7, 11) is 0. The zero-order chi connectivity index (χ0) is 19.2. The Labute approximate surface area is 165 Å². The third kappa shape index (κ3) is 2.75. The van der Waals surface area contributed by atoms with E-state index in [2.05, 4.69) is 50.4 Å². The summed E-state index contributed by atoms with van der Waals surface area (Å²) >= 11 is 0. The van der Waals surface area contributed by atoms with Crippen molar-refractivity contribution in [1.29, 1.82) is 0 Å². The van der Waals surface area contributed by atoms with Gasteiger partial charge in [0.25, 0.3) is 0 Å². The van der Waals surface area contributed by atoms with Gasteiger partial charge in [-0.1, -0.05) is 18.2 Å². The van der Waals surface area contributed by atoms with Crippen LogP contribution in [0.3, 0.4) is 0 Å². The van der Waals surface area contributed by atoms with Gasteiger partial charge in [-0.3, -0.25) is 4.79 Å². The lowest BCUT2D eigenvalue weighted by Gasteiger charge is -2.39. The first-order chi connectivity index (χ1) is 13.6. The van der Waals surface area contributed by atoms with Gasteiger partial charge in [0.1, 0.15) is 11.2 Å². The Hall–Kier alpha value is -2.60. The van der Waals surface area contributed by atoms with E-state index in [0.717, 1.165) is 44.0 Å². The zero-order valence-electron chi connectivity index (χ0n) is 16.0. The first-order valence-corrected chi connectivity index (χ1v) is 10.1. The summed E-state index contributed by atoms with van der Waals surface area (Å²) in [5, 5.41) is 12.8. The summed E-state index contributed by atoms with van der Waals surface area (Å²) in [6, 6.07) is 14.5. The lowest BCUT2D eigenvalue weighted by molar-refractivity contribution is -0.146. The van der Waals surface area contributed by atoms with Crippen molar-refractivity contribution in [3.8, 4) is 0 Å². The second-order valence-electron chi connectivity index (χ2n) is 8.57. The SMILES string of the molecule is O=C(O)C1(c2ccnc(N3CCC4(CCN(c5ccccc5)C4)C3)c2)CNC1. The first-order valence-electron chi connectivity index (χ1n) is 10.1. The molecule has 3 aliphatic heterocycles. The van der Waals surface area contributed by atoms with E-state index in [-0.39, 0.29) is 0 Å². The number of aromatic nitrogens is 1. The van der Waals surface area contributed by atoms with Crippen LogP contribution in [0.1, 0.15) is 18.4 Å². The number of para-hydroxylation sites is 1. The Bertz CT molecular complexity index is 883. The molecule has 0 amide bonds. The second-order valence-corrected chi connectivity index (χ2v) is 8.57. The van der Waals surface area contributed by atoms with Gasteiger partial charge in [-0.05, 0) is 42.7 Å². The Morgan fingerprint density at radius 3 is 2.43 bits per heavy atom. The molecule has 0 aliphatic carbocycles. The van der Waals surface area contributed by atoms with E-state index in [4.69, 9.17) is 0 Å². The molecule has 146 valence electrons. The maximum absolute atomic E-state index is 11.8. The van der Waals surface area contributed by atoms with Crippen molar-refractivity contribution in [3.63, 3.8) is 0 Å². The minimum Gasteiger partial charge on any atom is -0.481 e. The Kier molecular flexibility index (Phi) is 4.05. The number of carboxylic acids is 1. The fourth-order valence-corrected chi connectivity index (χ4v) is 5.00. The lowest BCUT2D eigenvalue weighted by atomic mass is 9.75. The molecule has 1 aromatic carbocycles. The molecule has 3 fully saturated rings. The topological polar surface area (TPSA) is 68.7 Å². The molecule has 1 aromatic heterocycles. The summed E-state index contributed by atoms with van der Waals surface area (Å²) in [6.07, 6.45) is 4.12. The minimum atomic E-state index is -0.799. The number of pyridine rings is 1. The predicted octanol–water partition coefficient (Wildman–Crippen LogP) is 2.11. The van der Waals surface area contributed by atoms with Crippen molar-refractivity contribution in [2.75, 3.05) is 49.1 Å². The number of nitrogens with zero attached hydrogens (tertiary/aromatic N) is 3. The smallest absolute Gasteiger partial charge is 0.316 e. The second kappa shape index (κ2) is 6.48. The summed E-state index contributed by atoms with van der Waals surface area (Å²) in [6.45, 7) is 5.13. The van der Waals surface area contributed by atoms with Crippen molar-refractivity contribution in [2.45, 2.75) is 18.3 Å². The minimum absolute atomic E-state index is 0.302. The number of carboxylic acid groups (broad SMARTS) is 1. The average Bonchev–Trinajstić information content (AvgIpc) is 3.29. The van der Waals surface area contributed by atoms with Crippen LogP contribution >= 0.6 is 0 Å². The number of aliphatic carboxylic acids is 1. The van der Waals surface area contributed by atoms with Gasteiger partial charge in [-0.25, -0.2) is 4.98 Å². The van der Waals surface area contributed by atoms with Crippen molar-refractivity contribution < 1.29 is 9.90 Å². The standard InChI is InChI=1S/C22H26N4O2/c27-20(28)22(13-23-14-22)17-6-9-24-19(12-17)26-11-8-21(16-26)7-10-25(15-21)18-4-2-1-3-5-18/h1-6,9,12,23H,7-8,10-11,13-16H2,(H,27,28). The summed E-state index contributed by atoms with van der Waals surface area (Å²) in [5.41, 5.74) is 1.67. The van der Waals surface area contributed by atoms with E-state index in [1.54, 1.807) is 6.20 Å². The van der Waals surface area contributed by atoms with Crippen molar-refractivity contribution in [2.24, 2.45) is 5.41 Å². The first kappa shape index (κ1) is 17.5. The van der Waals surface area contributed by atoms with E-state index < -0.39 is 11.4 Å². The molecule has 0 bridgehead atoms. The molecule has 3 aliphatic rings. The Balaban J connectivity index is 1.33. The highest BCUT2D eigenvalue weighted by Crippen LogP contribution is 2.42. The lowest BCUT2D eigenvalue weighted by Crippen LogP contribution is -2.61. The van der Waals surface area contributed by atoms with Crippen molar-refractivity contribution >= 4 is 17.5 Å². The molecule has 0 radical (unpaired) electrons. The normalized spacial score (nSPS) is 25.9. The molecule has 5 rings (SSSR count). The number of hydrogen-bond acceptors (Lipinski definition) is 5. The van der Waals surface area contributed by atoms with Crippen LogP contribution in [0.15, 0.2) is 48.7 Å². The maximum Gasteiger partial charge on any atom is 0.316 e. The zero-order valence-corrected chi connectivity index (χ0v) is 16.0. The van der Waals surface area contributed by atoms with Crippen LogP contribution in [0.25, 0.3) is 0 Å². The van der Waals surface area contributed by atoms with E-state index >= 15 is 0 Å². The van der Waals surface area contributed by atoms with Crippen molar-refractivity contribution in [1.82, 2.24) is 10.3 Å². The summed E-state index contributed by atoms with van der Waals surface area (Å²) in [5.74, 6) is 0.163. The molecular weight excluding hydrogens is 352 g/mol. The van der Waals surface area contributed by atoms with E-state index in [1.165, 1.54) is 12.1 Å². The van der Waals surface area contributed by atoms with E-state index in [9.17, 15) is 9.90 Å². The molecule has 6 nitrogen and oxygen atoms in total. The van der Waals surface area contributed by atoms with Gasteiger partial charge in [-0.2, -0.15) is 0 Å². The van der Waals surface area contributed by atoms with Gasteiger partial charge in [0.2, 0.25) is 0 Å². The molecule has 2 N–H and O–H groups in total. The highest BCUT2D eigenvalue weighted by molar-refractivity contribution is 5.84. The van der Waals surface area contributed by atoms with Crippen LogP contribution in [0.2, 0.25) is 0 Å². The van der Waals surface area contributed by atoms with Crippen LogP contribution in [0.4, 0.5) is 11.5 Å². The highest BCUT2D eigenvalue weighted by atomic mass is 16.4. The Morgan fingerprint density at radius 2 is 1.75 bits per heavy atom. The van der Waals surface area contributed by atoms with Crippen LogP contribution in [0.5, 0.6) is 0 Å². The summed E-state index contributed by atoms with van der Waals surface area (Å²) < 4.78 is 0. The van der Waals surface area contributed by atoms with Gasteiger partial charge in [0.05, 0.1) is 0 Å². The van der Waals surface area contributed by atoms with Crippen LogP contribution in [-0.4, -0.2) is 55.3 Å². The fourth-order valence-electron chi connectivity index (χ4n) is 5.00. The molecule has 3 saturated heterocycles. The number of nitrogens with one attached hydrogen (secondary N) is 1. The third-order valence-corrected chi connectivity index (χ3v) is 6.88. The molecule has 2 aromatic rings. The van der Waals surface area contributed by atoms with Gasteiger partial charge in [0.15, 0.2) is 0 Å². The number of carbonyl (C=O) groups is 1. The van der Waals surface area contributed by atoms with Crippen LogP contribution in [0, 0.1) is 5.41 Å². The molecule has 6 heteroatoms. The predicted molar refractivity (Wildman–Crippen MR) is 109 cm³/mol. The quantitative estimate of drug-likeness (QED) is 0.849. The summed E-state index contributed by atoms with van der Waals surface area (Å²) in [4.78, 5) is 21.3. The third-order valence-electron chi connectivity index (χ3n) is 6.88. The Morgan fingerprint density at radius 1 is 1.04 bits per heavy atom. The number of anilines is 2. The molecule has 0 saturated carbocycles. The molecular formula is C22H26N4O2. The molecule has 4 heterocycles. The maximum atomic E-state index is 11.8. The fraction of sp³-hybridized carbons (Fsp3) is 0.455. The number of benzene rings is 1. The number of rotatable bonds is 4. The monoisotopic (exact) mass is 378 g/mol. The average molecular weight is 378 g/mol. The molecule has 1 atom stereocenters. The van der Waals surface area contributed by atoms with Crippen LogP contribution < -0.4 is 15.1 Å². The highest BCUT2D eigenvalue weighted by Gasteiger charge is 2.47. The van der Waals surface area contributed by atoms with Crippen LogP contribution in [-0.2, 0) is 10.2 Å². The van der Waals surface area contributed by atoms with Crippen molar-refractivity contribution in [3.05, 3.63) is 54.2 Å².